The predicted molar refractivity (Wildman–Crippen MR) is 79.2 cm³/mol. The van der Waals surface area contributed by atoms with E-state index in [-0.39, 0.29) is 11.8 Å². The minimum absolute atomic E-state index is 0.0691. The molecule has 0 radical (unpaired) electrons. The minimum Gasteiger partial charge on any atom is -0.496 e. The number of benzene rings is 1. The van der Waals surface area contributed by atoms with Crippen molar-refractivity contribution >= 4 is 25.8 Å². The highest BCUT2D eigenvalue weighted by Crippen LogP contribution is 2.25. The van der Waals surface area contributed by atoms with E-state index >= 15 is 0 Å². The predicted octanol–water partition coefficient (Wildman–Crippen LogP) is 2.12. The first-order chi connectivity index (χ1) is 9.00. The van der Waals surface area contributed by atoms with Crippen LogP contribution < -0.4 is 10.1 Å². The lowest BCUT2D eigenvalue weighted by molar-refractivity contribution is 0.411. The van der Waals surface area contributed by atoms with Gasteiger partial charge in [0.1, 0.15) is 5.75 Å². The zero-order valence-electron chi connectivity index (χ0n) is 10.9. The van der Waals surface area contributed by atoms with Crippen molar-refractivity contribution in [3.8, 4) is 5.75 Å². The fraction of sp³-hybridized carbons (Fsp3) is 0.538. The molecule has 1 aromatic rings. The number of sulfone groups is 1. The summed E-state index contributed by atoms with van der Waals surface area (Å²) in [6, 6.07) is 5.94. The maximum Gasteiger partial charge on any atom is 0.151 e. The smallest absolute Gasteiger partial charge is 0.151 e. The molecule has 1 saturated heterocycles. The lowest BCUT2D eigenvalue weighted by atomic mass is 10.1. The Morgan fingerprint density at radius 3 is 2.89 bits per heavy atom. The molecule has 0 aromatic heterocycles. The Hall–Kier alpha value is -0.590. The molecule has 0 saturated carbocycles. The molecule has 2 rings (SSSR count). The molecule has 0 amide bonds. The van der Waals surface area contributed by atoms with Gasteiger partial charge in [-0.05, 0) is 46.5 Å². The minimum atomic E-state index is -2.85. The number of methoxy groups -OCH3 is 1. The molecule has 4 nitrogen and oxygen atoms in total. The Kier molecular flexibility index (Phi) is 4.86. The molecule has 1 aromatic carbocycles. The molecular formula is C13H18BrNO3S. The highest BCUT2D eigenvalue weighted by molar-refractivity contribution is 9.10. The topological polar surface area (TPSA) is 55.4 Å². The summed E-state index contributed by atoms with van der Waals surface area (Å²) in [7, 11) is -1.22. The average Bonchev–Trinajstić information content (AvgIpc) is 2.35. The normalized spacial score (nSPS) is 22.1. The van der Waals surface area contributed by atoms with Gasteiger partial charge in [0.2, 0.25) is 0 Å². The maximum atomic E-state index is 11.5. The van der Waals surface area contributed by atoms with Gasteiger partial charge in [0.15, 0.2) is 9.84 Å². The number of hydrogen-bond donors (Lipinski definition) is 1. The number of nitrogens with one attached hydrogen (secondary N) is 1. The van der Waals surface area contributed by atoms with Gasteiger partial charge in [-0.2, -0.15) is 0 Å². The highest BCUT2D eigenvalue weighted by atomic mass is 79.9. The molecule has 1 N–H and O–H groups in total. The van der Waals surface area contributed by atoms with Crippen molar-refractivity contribution in [3.05, 3.63) is 28.2 Å². The Morgan fingerprint density at radius 2 is 2.26 bits per heavy atom. The van der Waals surface area contributed by atoms with Gasteiger partial charge < -0.3 is 10.1 Å². The largest absolute Gasteiger partial charge is 0.496 e. The molecule has 1 atom stereocenters. The van der Waals surface area contributed by atoms with Gasteiger partial charge >= 0.3 is 0 Å². The number of rotatable bonds is 4. The van der Waals surface area contributed by atoms with Crippen LogP contribution in [0.3, 0.4) is 0 Å². The third kappa shape index (κ3) is 4.19. The van der Waals surface area contributed by atoms with Crippen molar-refractivity contribution in [1.82, 2.24) is 5.32 Å². The average molecular weight is 348 g/mol. The van der Waals surface area contributed by atoms with Crippen molar-refractivity contribution in [3.63, 3.8) is 0 Å². The standard InChI is InChI=1S/C13H18BrNO3S/c1-18-13-5-4-10(7-12(13)14)8-15-11-3-2-6-19(16,17)9-11/h4-5,7,11,15H,2-3,6,8-9H2,1H3. The number of halogens is 1. The molecule has 6 heteroatoms. The number of ether oxygens (including phenoxy) is 1. The van der Waals surface area contributed by atoms with Gasteiger partial charge in [-0.1, -0.05) is 6.07 Å². The van der Waals surface area contributed by atoms with E-state index in [9.17, 15) is 8.42 Å². The molecule has 0 aliphatic carbocycles. The molecule has 1 heterocycles. The maximum absolute atomic E-state index is 11.5. The van der Waals surface area contributed by atoms with Gasteiger partial charge in [0, 0.05) is 12.6 Å². The summed E-state index contributed by atoms with van der Waals surface area (Å²) in [5.74, 6) is 1.38. The monoisotopic (exact) mass is 347 g/mol. The first-order valence-electron chi connectivity index (χ1n) is 6.26. The van der Waals surface area contributed by atoms with Crippen LogP contribution >= 0.6 is 15.9 Å². The Labute approximate surface area is 122 Å². The summed E-state index contributed by atoms with van der Waals surface area (Å²) in [4.78, 5) is 0. The van der Waals surface area contributed by atoms with Gasteiger partial charge in [0.05, 0.1) is 23.1 Å². The second-order valence-corrected chi connectivity index (χ2v) is 7.89. The zero-order valence-corrected chi connectivity index (χ0v) is 13.3. The van der Waals surface area contributed by atoms with Crippen LogP contribution in [0, 0.1) is 0 Å². The fourth-order valence-electron chi connectivity index (χ4n) is 2.27. The van der Waals surface area contributed by atoms with Crippen LogP contribution in [0.25, 0.3) is 0 Å². The first kappa shape index (κ1) is 14.8. The van der Waals surface area contributed by atoms with Crippen LogP contribution in [0.15, 0.2) is 22.7 Å². The molecule has 0 spiro atoms. The molecule has 19 heavy (non-hydrogen) atoms. The van der Waals surface area contributed by atoms with Crippen LogP contribution in [0.2, 0.25) is 0 Å². The quantitative estimate of drug-likeness (QED) is 0.906. The van der Waals surface area contributed by atoms with Crippen molar-refractivity contribution < 1.29 is 13.2 Å². The molecule has 106 valence electrons. The third-order valence-corrected chi connectivity index (χ3v) is 5.71. The molecule has 1 aliphatic heterocycles. The van der Waals surface area contributed by atoms with Gasteiger partial charge in [0.25, 0.3) is 0 Å². The summed E-state index contributed by atoms with van der Waals surface area (Å²) < 4.78 is 29.2. The van der Waals surface area contributed by atoms with Gasteiger partial charge in [-0.15, -0.1) is 0 Å². The second-order valence-electron chi connectivity index (χ2n) is 4.80. The van der Waals surface area contributed by atoms with Crippen LogP contribution in [-0.2, 0) is 16.4 Å². The zero-order chi connectivity index (χ0) is 13.9. The van der Waals surface area contributed by atoms with Crippen LogP contribution in [0.4, 0.5) is 0 Å². The SMILES string of the molecule is COc1ccc(CNC2CCCS(=O)(=O)C2)cc1Br. The summed E-state index contributed by atoms with van der Waals surface area (Å²) in [6.45, 7) is 0.669. The van der Waals surface area contributed by atoms with Gasteiger partial charge in [-0.25, -0.2) is 8.42 Å². The van der Waals surface area contributed by atoms with Crippen LogP contribution in [0.1, 0.15) is 18.4 Å². The Morgan fingerprint density at radius 1 is 1.47 bits per heavy atom. The summed E-state index contributed by atoms with van der Waals surface area (Å²) >= 11 is 3.44. The van der Waals surface area contributed by atoms with E-state index in [0.717, 1.165) is 28.6 Å². The molecule has 0 bridgehead atoms. The van der Waals surface area contributed by atoms with E-state index in [2.05, 4.69) is 21.2 Å². The summed E-state index contributed by atoms with van der Waals surface area (Å²) in [5, 5.41) is 3.32. The Bertz CT molecular complexity index is 545. The van der Waals surface area contributed by atoms with E-state index in [4.69, 9.17) is 4.74 Å². The fourth-order valence-corrected chi connectivity index (χ4v) is 4.52. The van der Waals surface area contributed by atoms with E-state index < -0.39 is 9.84 Å². The molecule has 1 aliphatic rings. The van der Waals surface area contributed by atoms with Crippen LogP contribution in [-0.4, -0.2) is 33.1 Å². The molecular weight excluding hydrogens is 330 g/mol. The van der Waals surface area contributed by atoms with Crippen molar-refractivity contribution in [2.75, 3.05) is 18.6 Å². The van der Waals surface area contributed by atoms with Crippen LogP contribution in [0.5, 0.6) is 5.75 Å². The van der Waals surface area contributed by atoms with Gasteiger partial charge in [-0.3, -0.25) is 0 Å². The van der Waals surface area contributed by atoms with E-state index in [1.54, 1.807) is 7.11 Å². The van der Waals surface area contributed by atoms with Crippen molar-refractivity contribution in [2.24, 2.45) is 0 Å². The molecule has 1 fully saturated rings. The van der Waals surface area contributed by atoms with E-state index in [1.807, 2.05) is 18.2 Å². The lowest BCUT2D eigenvalue weighted by Crippen LogP contribution is -2.39. The van der Waals surface area contributed by atoms with Crippen molar-refractivity contribution in [2.45, 2.75) is 25.4 Å². The number of hydrogen-bond acceptors (Lipinski definition) is 4. The lowest BCUT2D eigenvalue weighted by Gasteiger charge is -2.23. The third-order valence-electron chi connectivity index (χ3n) is 3.27. The summed E-state index contributed by atoms with van der Waals surface area (Å²) in [5.41, 5.74) is 1.11. The van der Waals surface area contributed by atoms with E-state index in [0.29, 0.717) is 12.3 Å². The van der Waals surface area contributed by atoms with E-state index in [1.165, 1.54) is 0 Å². The van der Waals surface area contributed by atoms with Crippen molar-refractivity contribution in [1.29, 1.82) is 0 Å². The summed E-state index contributed by atoms with van der Waals surface area (Å²) in [6.07, 6.45) is 1.68. The Balaban J connectivity index is 1.93. The first-order valence-corrected chi connectivity index (χ1v) is 8.88. The second kappa shape index (κ2) is 6.24. The molecule has 1 unspecified atom stereocenters. The highest BCUT2D eigenvalue weighted by Gasteiger charge is 2.24.